The van der Waals surface area contributed by atoms with E-state index in [1.165, 1.54) is 30.7 Å². The van der Waals surface area contributed by atoms with E-state index < -0.39 is 6.36 Å². The summed E-state index contributed by atoms with van der Waals surface area (Å²) >= 11 is 0. The Kier molecular flexibility index (Phi) is 12.2. The quantitative estimate of drug-likeness (QED) is 0.559. The van der Waals surface area contributed by atoms with E-state index in [1.807, 2.05) is 0 Å². The predicted molar refractivity (Wildman–Crippen MR) is 126 cm³/mol. The Morgan fingerprint density at radius 2 is 1.65 bits per heavy atom. The minimum absolute atomic E-state index is 0.0645. The van der Waals surface area contributed by atoms with Crippen LogP contribution >= 0.6 is 0 Å². The first-order valence-electron chi connectivity index (χ1n) is 11.5. The molecule has 7 nitrogen and oxygen atoms in total. The molecule has 2 N–H and O–H groups in total. The van der Waals surface area contributed by atoms with Crippen LogP contribution in [0.2, 0.25) is 0 Å². The lowest BCUT2D eigenvalue weighted by Crippen LogP contribution is -2.42. The van der Waals surface area contributed by atoms with Gasteiger partial charge in [0.05, 0.1) is 13.2 Å². The molecule has 1 aliphatic rings. The monoisotopic (exact) mass is 489 g/mol. The summed E-state index contributed by atoms with van der Waals surface area (Å²) in [5.41, 5.74) is 1.14. The molecular formula is C24H38F3N3O4. The Labute approximate surface area is 200 Å². The van der Waals surface area contributed by atoms with Crippen LogP contribution in [0.1, 0.15) is 53.9 Å². The summed E-state index contributed by atoms with van der Waals surface area (Å²) in [4.78, 5) is 25.7. The normalized spacial score (nSPS) is 15.0. The van der Waals surface area contributed by atoms with E-state index in [4.69, 9.17) is 4.74 Å². The summed E-state index contributed by atoms with van der Waals surface area (Å²) in [6, 6.07) is 5.09. The van der Waals surface area contributed by atoms with E-state index in [-0.39, 0.29) is 36.4 Å². The topological polar surface area (TPSA) is 79.9 Å². The van der Waals surface area contributed by atoms with Crippen molar-refractivity contribution in [1.29, 1.82) is 0 Å². The van der Waals surface area contributed by atoms with Gasteiger partial charge in [0.1, 0.15) is 5.75 Å². The number of amides is 2. The highest BCUT2D eigenvalue weighted by Crippen LogP contribution is 2.23. The van der Waals surface area contributed by atoms with Crippen LogP contribution in [0, 0.1) is 5.41 Å². The fraction of sp³-hybridized carbons (Fsp3) is 0.667. The first-order chi connectivity index (χ1) is 15.8. The number of rotatable bonds is 8. The number of carbonyl (C=O) groups excluding carboxylic acids is 2. The zero-order chi connectivity index (χ0) is 25.8. The van der Waals surface area contributed by atoms with Gasteiger partial charge in [-0.25, -0.2) is 0 Å². The number of carbonyl (C=O) groups is 2. The second-order valence-electron chi connectivity index (χ2n) is 9.33. The molecule has 0 aliphatic carbocycles. The van der Waals surface area contributed by atoms with E-state index in [0.717, 1.165) is 0 Å². The third-order valence-electron chi connectivity index (χ3n) is 5.10. The molecule has 1 atom stereocenters. The fourth-order valence-electron chi connectivity index (χ4n) is 2.63. The number of morpholine rings is 1. The van der Waals surface area contributed by atoms with Gasteiger partial charge in [-0.1, -0.05) is 34.1 Å². The smallest absolute Gasteiger partial charge is 0.406 e. The van der Waals surface area contributed by atoms with E-state index >= 15 is 0 Å². The Hall–Kier alpha value is -2.49. The summed E-state index contributed by atoms with van der Waals surface area (Å²) in [6.07, 6.45) is -3.21. The van der Waals surface area contributed by atoms with Crippen LogP contribution in [-0.2, 0) is 14.3 Å². The number of ether oxygens (including phenoxy) is 2. The average Bonchev–Trinajstić information content (AvgIpc) is 2.76. The molecule has 0 radical (unpaired) electrons. The molecule has 0 saturated carbocycles. The molecule has 1 aromatic rings. The maximum Gasteiger partial charge on any atom is 0.573 e. The maximum atomic E-state index is 12.1. The van der Waals surface area contributed by atoms with Gasteiger partial charge in [-0.3, -0.25) is 9.59 Å². The minimum Gasteiger partial charge on any atom is -0.406 e. The van der Waals surface area contributed by atoms with E-state index in [2.05, 4.69) is 43.1 Å². The number of nitrogens with zero attached hydrogens (tertiary/aromatic N) is 1. The zero-order valence-corrected chi connectivity index (χ0v) is 20.8. The number of anilines is 1. The van der Waals surface area contributed by atoms with Gasteiger partial charge in [0.2, 0.25) is 11.8 Å². The second kappa shape index (κ2) is 14.0. The van der Waals surface area contributed by atoms with E-state index in [1.54, 1.807) is 11.8 Å². The second-order valence-corrected chi connectivity index (χ2v) is 9.33. The molecule has 0 aromatic heterocycles. The summed E-state index contributed by atoms with van der Waals surface area (Å²) in [5, 5.41) is 5.80. The Morgan fingerprint density at radius 1 is 1.09 bits per heavy atom. The zero-order valence-electron chi connectivity index (χ0n) is 20.8. The number of halogens is 3. The van der Waals surface area contributed by atoms with Crippen molar-refractivity contribution >= 4 is 17.5 Å². The third kappa shape index (κ3) is 13.9. The van der Waals surface area contributed by atoms with Gasteiger partial charge in [-0.05, 0) is 36.6 Å². The van der Waals surface area contributed by atoms with Crippen molar-refractivity contribution in [2.45, 2.75) is 66.3 Å². The maximum absolute atomic E-state index is 12.1. The largest absolute Gasteiger partial charge is 0.573 e. The van der Waals surface area contributed by atoms with Gasteiger partial charge in [0.25, 0.3) is 0 Å². The van der Waals surface area contributed by atoms with Crippen LogP contribution in [0.3, 0.4) is 0 Å². The van der Waals surface area contributed by atoms with Gasteiger partial charge in [-0.15, -0.1) is 13.2 Å². The lowest BCUT2D eigenvalue weighted by atomic mass is 9.94. The molecule has 2 rings (SSSR count). The highest BCUT2D eigenvalue weighted by atomic mass is 19.4. The van der Waals surface area contributed by atoms with Crippen LogP contribution in [0.5, 0.6) is 5.75 Å². The molecule has 1 heterocycles. The highest BCUT2D eigenvalue weighted by Gasteiger charge is 2.31. The highest BCUT2D eigenvalue weighted by molar-refractivity contribution is 5.84. The molecular weight excluding hydrogens is 451 g/mol. The van der Waals surface area contributed by atoms with Crippen molar-refractivity contribution in [3.63, 3.8) is 0 Å². The minimum atomic E-state index is -4.73. The van der Waals surface area contributed by atoms with Crippen molar-refractivity contribution in [3.8, 4) is 5.75 Å². The van der Waals surface area contributed by atoms with Crippen LogP contribution in [0.25, 0.3) is 0 Å². The Morgan fingerprint density at radius 3 is 2.15 bits per heavy atom. The SMILES string of the molecule is CCC(C)(C)C.C[C@@H](CNc1ccc(OC(F)(F)F)cc1)NC(=O)CCC(=O)N1CCOCC1. The van der Waals surface area contributed by atoms with Crippen molar-refractivity contribution in [2.75, 3.05) is 38.2 Å². The summed E-state index contributed by atoms with van der Waals surface area (Å²) in [6.45, 7) is 13.2. The summed E-state index contributed by atoms with van der Waals surface area (Å²) < 4.78 is 45.4. The van der Waals surface area contributed by atoms with Crippen molar-refractivity contribution in [2.24, 2.45) is 5.41 Å². The molecule has 1 aliphatic heterocycles. The predicted octanol–water partition coefficient (Wildman–Crippen LogP) is 4.58. The number of alkyl halides is 3. The van der Waals surface area contributed by atoms with Crippen LogP contribution in [0.15, 0.2) is 24.3 Å². The molecule has 34 heavy (non-hydrogen) atoms. The molecule has 194 valence electrons. The third-order valence-corrected chi connectivity index (χ3v) is 5.10. The summed E-state index contributed by atoms with van der Waals surface area (Å²) in [7, 11) is 0. The molecule has 0 unspecified atom stereocenters. The molecule has 10 heteroatoms. The summed E-state index contributed by atoms with van der Waals surface area (Å²) in [5.74, 6) is -0.598. The molecule has 2 amide bonds. The van der Waals surface area contributed by atoms with Crippen LogP contribution < -0.4 is 15.4 Å². The van der Waals surface area contributed by atoms with E-state index in [9.17, 15) is 22.8 Å². The molecule has 0 bridgehead atoms. The van der Waals surface area contributed by atoms with Crippen molar-refractivity contribution in [3.05, 3.63) is 24.3 Å². The number of hydrogen-bond acceptors (Lipinski definition) is 5. The lowest BCUT2D eigenvalue weighted by molar-refractivity contribution is -0.274. The van der Waals surface area contributed by atoms with E-state index in [0.29, 0.717) is 44.0 Å². The number of nitrogens with one attached hydrogen (secondary N) is 2. The lowest BCUT2D eigenvalue weighted by Gasteiger charge is -2.26. The van der Waals surface area contributed by atoms with Gasteiger partial charge in [-0.2, -0.15) is 0 Å². The first-order valence-corrected chi connectivity index (χ1v) is 11.5. The molecule has 1 fully saturated rings. The number of hydrogen-bond donors (Lipinski definition) is 2. The molecule has 1 saturated heterocycles. The van der Waals surface area contributed by atoms with Crippen molar-refractivity contribution < 1.29 is 32.2 Å². The average molecular weight is 490 g/mol. The van der Waals surface area contributed by atoms with Crippen LogP contribution in [-0.4, -0.2) is 62.0 Å². The van der Waals surface area contributed by atoms with Gasteiger partial charge >= 0.3 is 6.36 Å². The van der Waals surface area contributed by atoms with Gasteiger partial charge in [0.15, 0.2) is 0 Å². The van der Waals surface area contributed by atoms with Crippen LogP contribution in [0.4, 0.5) is 18.9 Å². The fourth-order valence-corrected chi connectivity index (χ4v) is 2.63. The van der Waals surface area contributed by atoms with Gasteiger partial charge in [0, 0.05) is 44.2 Å². The Balaban J connectivity index is 0.000000852. The first kappa shape index (κ1) is 29.5. The Bertz CT molecular complexity index is 743. The standard InChI is InChI=1S/C18H24F3N3O4.C6H14/c1-13(12-22-14-2-4-15(5-3-14)28-18(19,20)21)23-16(25)6-7-17(26)24-8-10-27-11-9-24;1-5-6(2,3)4/h2-5,13,22H,6-12H2,1H3,(H,23,25);5H2,1-4H3/t13-;/m0./s1. The molecule has 0 spiro atoms. The van der Waals surface area contributed by atoms with Crippen molar-refractivity contribution in [1.82, 2.24) is 10.2 Å². The van der Waals surface area contributed by atoms with Gasteiger partial charge < -0.3 is 25.0 Å². The molecule has 1 aromatic carbocycles. The number of benzene rings is 1.